The Morgan fingerprint density at radius 1 is 1.23 bits per heavy atom. The largest absolute Gasteiger partial charge is 0.508 e. The van der Waals surface area contributed by atoms with E-state index in [1.54, 1.807) is 0 Å². The Morgan fingerprint density at radius 3 is 2.15 bits per heavy atom. The van der Waals surface area contributed by atoms with Crippen LogP contribution in [0.25, 0.3) is 0 Å². The minimum Gasteiger partial charge on any atom is -0.508 e. The first kappa shape index (κ1) is 10.6. The van der Waals surface area contributed by atoms with Crippen LogP contribution in [-0.4, -0.2) is 5.11 Å². The molecule has 0 amide bonds. The van der Waals surface area contributed by atoms with Crippen LogP contribution in [0.1, 0.15) is 31.9 Å². The predicted molar refractivity (Wildman–Crippen MR) is 59.2 cm³/mol. The molecular weight excluding hydrogens is 228 g/mol. The second-order valence-corrected chi connectivity index (χ2v) is 5.21. The Morgan fingerprint density at radius 2 is 1.77 bits per heavy atom. The van der Waals surface area contributed by atoms with Gasteiger partial charge in [0.05, 0.1) is 0 Å². The summed E-state index contributed by atoms with van der Waals surface area (Å²) < 4.78 is 0.970. The maximum absolute atomic E-state index is 9.61. The lowest BCUT2D eigenvalue weighted by Gasteiger charge is -2.20. The molecule has 1 nitrogen and oxygen atoms in total. The zero-order chi connectivity index (χ0) is 10.2. The van der Waals surface area contributed by atoms with E-state index in [1.165, 1.54) is 0 Å². The number of aromatic hydroxyl groups is 1. The molecule has 72 valence electrons. The van der Waals surface area contributed by atoms with Crippen LogP contribution in [0, 0.1) is 6.92 Å². The van der Waals surface area contributed by atoms with Gasteiger partial charge in [0.1, 0.15) is 5.75 Å². The average Bonchev–Trinajstić information content (AvgIpc) is 1.97. The third-order valence-electron chi connectivity index (χ3n) is 2.18. The highest BCUT2D eigenvalue weighted by atomic mass is 79.9. The lowest BCUT2D eigenvalue weighted by molar-refractivity contribution is 0.466. The van der Waals surface area contributed by atoms with Crippen molar-refractivity contribution in [1.29, 1.82) is 0 Å². The zero-order valence-electron chi connectivity index (χ0n) is 8.48. The van der Waals surface area contributed by atoms with Crippen molar-refractivity contribution in [3.63, 3.8) is 0 Å². The van der Waals surface area contributed by atoms with Gasteiger partial charge in [0.2, 0.25) is 0 Å². The van der Waals surface area contributed by atoms with Gasteiger partial charge >= 0.3 is 0 Å². The Labute approximate surface area is 87.9 Å². The monoisotopic (exact) mass is 242 g/mol. The molecule has 0 heterocycles. The number of halogens is 1. The number of rotatable bonds is 0. The molecule has 13 heavy (non-hydrogen) atoms. The predicted octanol–water partition coefficient (Wildman–Crippen LogP) is 3.76. The van der Waals surface area contributed by atoms with Crippen molar-refractivity contribution in [2.45, 2.75) is 33.1 Å². The van der Waals surface area contributed by atoms with Crippen molar-refractivity contribution < 1.29 is 5.11 Å². The lowest BCUT2D eigenvalue weighted by Crippen LogP contribution is -2.10. The van der Waals surface area contributed by atoms with Crippen LogP contribution < -0.4 is 0 Å². The summed E-state index contributed by atoms with van der Waals surface area (Å²) in [5, 5.41) is 9.61. The van der Waals surface area contributed by atoms with E-state index in [-0.39, 0.29) is 5.41 Å². The Kier molecular flexibility index (Phi) is 2.71. The third kappa shape index (κ3) is 2.25. The lowest BCUT2D eigenvalue weighted by atomic mass is 9.86. The number of phenols is 1. The van der Waals surface area contributed by atoms with Crippen LogP contribution in [0.4, 0.5) is 0 Å². The van der Waals surface area contributed by atoms with Crippen molar-refractivity contribution >= 4 is 15.9 Å². The van der Waals surface area contributed by atoms with Crippen molar-refractivity contribution in [3.05, 3.63) is 27.7 Å². The molecule has 0 fully saturated rings. The Hall–Kier alpha value is -0.500. The molecule has 1 aromatic carbocycles. The van der Waals surface area contributed by atoms with E-state index < -0.39 is 0 Å². The SMILES string of the molecule is Cc1c(O)cc(C(C)(C)C)cc1Br. The second-order valence-electron chi connectivity index (χ2n) is 4.35. The third-order valence-corrected chi connectivity index (χ3v) is 3.01. The van der Waals surface area contributed by atoms with E-state index in [1.807, 2.05) is 13.0 Å². The first-order valence-electron chi connectivity index (χ1n) is 4.32. The summed E-state index contributed by atoms with van der Waals surface area (Å²) in [6.07, 6.45) is 0. The summed E-state index contributed by atoms with van der Waals surface area (Å²) in [5.74, 6) is 0.360. The molecule has 0 radical (unpaired) electrons. The number of benzene rings is 1. The number of hydrogen-bond acceptors (Lipinski definition) is 1. The fraction of sp³-hybridized carbons (Fsp3) is 0.455. The quantitative estimate of drug-likeness (QED) is 0.735. The van der Waals surface area contributed by atoms with Crippen LogP contribution in [0.2, 0.25) is 0 Å². The summed E-state index contributed by atoms with van der Waals surface area (Å²) in [7, 11) is 0. The number of phenolic OH excluding ortho intramolecular Hbond substituents is 1. The van der Waals surface area contributed by atoms with Gasteiger partial charge in [-0.05, 0) is 30.0 Å². The van der Waals surface area contributed by atoms with Gasteiger partial charge in [-0.15, -0.1) is 0 Å². The van der Waals surface area contributed by atoms with Gasteiger partial charge in [0, 0.05) is 10.0 Å². The van der Waals surface area contributed by atoms with Crippen LogP contribution in [-0.2, 0) is 5.41 Å². The van der Waals surface area contributed by atoms with Gasteiger partial charge in [-0.25, -0.2) is 0 Å². The highest BCUT2D eigenvalue weighted by molar-refractivity contribution is 9.10. The molecule has 0 saturated heterocycles. The normalized spacial score (nSPS) is 11.8. The summed E-state index contributed by atoms with van der Waals surface area (Å²) >= 11 is 3.43. The first-order chi connectivity index (χ1) is 5.82. The fourth-order valence-corrected chi connectivity index (χ4v) is 1.55. The number of hydrogen-bond donors (Lipinski definition) is 1. The van der Waals surface area contributed by atoms with Crippen molar-refractivity contribution in [1.82, 2.24) is 0 Å². The molecular formula is C11H15BrO. The van der Waals surface area contributed by atoms with Gasteiger partial charge < -0.3 is 5.11 Å². The van der Waals surface area contributed by atoms with Crippen molar-refractivity contribution in [3.8, 4) is 5.75 Å². The van der Waals surface area contributed by atoms with E-state index in [2.05, 4.69) is 42.8 Å². The molecule has 2 heteroatoms. The molecule has 0 aliphatic heterocycles. The maximum Gasteiger partial charge on any atom is 0.119 e. The van der Waals surface area contributed by atoms with Gasteiger partial charge in [-0.2, -0.15) is 0 Å². The Balaban J connectivity index is 3.29. The highest BCUT2D eigenvalue weighted by Crippen LogP contribution is 2.32. The smallest absolute Gasteiger partial charge is 0.119 e. The molecule has 1 aromatic rings. The average molecular weight is 243 g/mol. The first-order valence-corrected chi connectivity index (χ1v) is 5.11. The van der Waals surface area contributed by atoms with E-state index in [0.717, 1.165) is 15.6 Å². The maximum atomic E-state index is 9.61. The standard InChI is InChI=1S/C11H15BrO/c1-7-9(12)5-8(6-10(7)13)11(2,3)4/h5-6,13H,1-4H3. The summed E-state index contributed by atoms with van der Waals surface area (Å²) in [6.45, 7) is 8.28. The van der Waals surface area contributed by atoms with E-state index in [4.69, 9.17) is 0 Å². The molecule has 0 spiro atoms. The van der Waals surface area contributed by atoms with Gasteiger partial charge in [-0.1, -0.05) is 36.7 Å². The molecule has 0 bridgehead atoms. The van der Waals surface area contributed by atoms with Gasteiger partial charge in [0.25, 0.3) is 0 Å². The Bertz CT molecular complexity index is 300. The fourth-order valence-electron chi connectivity index (χ4n) is 1.10. The summed E-state index contributed by atoms with van der Waals surface area (Å²) in [6, 6.07) is 3.90. The molecule has 0 aliphatic rings. The van der Waals surface area contributed by atoms with Crippen LogP contribution in [0.3, 0.4) is 0 Å². The van der Waals surface area contributed by atoms with E-state index in [0.29, 0.717) is 5.75 Å². The minimum atomic E-state index is 0.0771. The second kappa shape index (κ2) is 3.33. The molecule has 1 N–H and O–H groups in total. The van der Waals surface area contributed by atoms with Crippen LogP contribution in [0.15, 0.2) is 16.6 Å². The van der Waals surface area contributed by atoms with Gasteiger partial charge in [0.15, 0.2) is 0 Å². The molecule has 0 aliphatic carbocycles. The van der Waals surface area contributed by atoms with Gasteiger partial charge in [-0.3, -0.25) is 0 Å². The van der Waals surface area contributed by atoms with Crippen molar-refractivity contribution in [2.24, 2.45) is 0 Å². The van der Waals surface area contributed by atoms with Crippen LogP contribution >= 0.6 is 15.9 Å². The molecule has 1 rings (SSSR count). The molecule has 0 saturated carbocycles. The minimum absolute atomic E-state index is 0.0771. The zero-order valence-corrected chi connectivity index (χ0v) is 10.1. The topological polar surface area (TPSA) is 20.2 Å². The van der Waals surface area contributed by atoms with Crippen LogP contribution in [0.5, 0.6) is 5.75 Å². The molecule has 0 aromatic heterocycles. The molecule has 0 unspecified atom stereocenters. The highest BCUT2D eigenvalue weighted by Gasteiger charge is 2.16. The van der Waals surface area contributed by atoms with Crippen molar-refractivity contribution in [2.75, 3.05) is 0 Å². The van der Waals surface area contributed by atoms with E-state index in [9.17, 15) is 5.11 Å². The summed E-state index contributed by atoms with van der Waals surface area (Å²) in [4.78, 5) is 0. The summed E-state index contributed by atoms with van der Waals surface area (Å²) in [5.41, 5.74) is 2.11. The molecule has 0 atom stereocenters. The van der Waals surface area contributed by atoms with E-state index >= 15 is 0 Å².